The molecule has 1 aliphatic rings. The molecule has 10 heavy (non-hydrogen) atoms. The summed E-state index contributed by atoms with van der Waals surface area (Å²) >= 11 is 0. The van der Waals surface area contributed by atoms with E-state index in [9.17, 15) is 0 Å². The van der Waals surface area contributed by atoms with Gasteiger partial charge in [-0.25, -0.2) is 0 Å². The standard InChI is InChI=1S/C8H11NO/c1-6-5-8(3-4-9)7(2)10-6/h3,6-7H,5H2,1-2H3/b8-3+. The smallest absolute Gasteiger partial charge is 0.0912 e. The molecule has 0 N–H and O–H groups in total. The number of hydrogen-bond donors (Lipinski definition) is 0. The molecule has 2 nitrogen and oxygen atoms in total. The summed E-state index contributed by atoms with van der Waals surface area (Å²) in [6.45, 7) is 4.00. The highest BCUT2D eigenvalue weighted by Crippen LogP contribution is 2.24. The maximum atomic E-state index is 8.35. The molecule has 0 radical (unpaired) electrons. The van der Waals surface area contributed by atoms with Gasteiger partial charge < -0.3 is 4.74 Å². The van der Waals surface area contributed by atoms with Gasteiger partial charge in [0.1, 0.15) is 0 Å². The molecule has 0 aromatic heterocycles. The Morgan fingerprint density at radius 2 is 2.40 bits per heavy atom. The highest BCUT2D eigenvalue weighted by molar-refractivity contribution is 5.20. The fraction of sp³-hybridized carbons (Fsp3) is 0.625. The summed E-state index contributed by atoms with van der Waals surface area (Å²) in [5.74, 6) is 0. The Labute approximate surface area is 61.1 Å². The van der Waals surface area contributed by atoms with Gasteiger partial charge in [-0.05, 0) is 25.8 Å². The van der Waals surface area contributed by atoms with Gasteiger partial charge in [-0.2, -0.15) is 5.26 Å². The lowest BCUT2D eigenvalue weighted by Gasteiger charge is -2.02. The first-order valence-electron chi connectivity index (χ1n) is 3.48. The molecule has 0 aliphatic carbocycles. The van der Waals surface area contributed by atoms with E-state index in [0.29, 0.717) is 0 Å². The number of hydrogen-bond acceptors (Lipinski definition) is 2. The molecule has 1 saturated heterocycles. The van der Waals surface area contributed by atoms with Crippen LogP contribution in [0.25, 0.3) is 0 Å². The number of allylic oxidation sites excluding steroid dienone is 1. The van der Waals surface area contributed by atoms with Crippen molar-refractivity contribution in [3.63, 3.8) is 0 Å². The van der Waals surface area contributed by atoms with Crippen molar-refractivity contribution in [3.8, 4) is 6.07 Å². The van der Waals surface area contributed by atoms with Crippen LogP contribution in [0.15, 0.2) is 11.6 Å². The largest absolute Gasteiger partial charge is 0.371 e. The fourth-order valence-electron chi connectivity index (χ4n) is 1.24. The molecule has 1 aliphatic heterocycles. The Bertz CT molecular complexity index is 190. The summed E-state index contributed by atoms with van der Waals surface area (Å²) in [6.07, 6.45) is 2.94. The number of ether oxygens (including phenoxy) is 1. The molecule has 54 valence electrons. The molecule has 2 heteroatoms. The minimum atomic E-state index is 0.148. The lowest BCUT2D eigenvalue weighted by Crippen LogP contribution is -2.03. The van der Waals surface area contributed by atoms with Crippen molar-refractivity contribution < 1.29 is 4.74 Å². The van der Waals surface area contributed by atoms with Gasteiger partial charge in [0, 0.05) is 6.08 Å². The summed E-state index contributed by atoms with van der Waals surface area (Å²) in [7, 11) is 0. The molecule has 0 bridgehead atoms. The summed E-state index contributed by atoms with van der Waals surface area (Å²) in [6, 6.07) is 2.02. The Hall–Kier alpha value is -0.810. The first kappa shape index (κ1) is 7.30. The van der Waals surface area contributed by atoms with Crippen LogP contribution in [0.2, 0.25) is 0 Å². The van der Waals surface area contributed by atoms with E-state index < -0.39 is 0 Å². The predicted molar refractivity (Wildman–Crippen MR) is 38.3 cm³/mol. The van der Waals surface area contributed by atoms with Gasteiger partial charge in [-0.15, -0.1) is 0 Å². The average molecular weight is 137 g/mol. The van der Waals surface area contributed by atoms with Crippen molar-refractivity contribution in [2.45, 2.75) is 32.5 Å². The minimum absolute atomic E-state index is 0.148. The monoisotopic (exact) mass is 137 g/mol. The van der Waals surface area contributed by atoms with E-state index >= 15 is 0 Å². The maximum absolute atomic E-state index is 8.35. The topological polar surface area (TPSA) is 33.0 Å². The van der Waals surface area contributed by atoms with Crippen LogP contribution >= 0.6 is 0 Å². The molecule has 0 aromatic rings. The van der Waals surface area contributed by atoms with E-state index in [2.05, 4.69) is 0 Å². The highest BCUT2D eigenvalue weighted by atomic mass is 16.5. The second kappa shape index (κ2) is 2.85. The maximum Gasteiger partial charge on any atom is 0.0912 e. The lowest BCUT2D eigenvalue weighted by atomic mass is 10.1. The van der Waals surface area contributed by atoms with Crippen LogP contribution in [0.1, 0.15) is 20.3 Å². The normalized spacial score (nSPS) is 36.3. The number of nitriles is 1. The van der Waals surface area contributed by atoms with E-state index in [1.165, 1.54) is 0 Å². The van der Waals surface area contributed by atoms with Crippen LogP contribution in [-0.2, 0) is 4.74 Å². The quantitative estimate of drug-likeness (QED) is 0.475. The van der Waals surface area contributed by atoms with Gasteiger partial charge in [0.2, 0.25) is 0 Å². The molecule has 0 saturated carbocycles. The van der Waals surface area contributed by atoms with Gasteiger partial charge in [-0.3, -0.25) is 0 Å². The van der Waals surface area contributed by atoms with E-state index in [1.54, 1.807) is 6.08 Å². The Kier molecular flexibility index (Phi) is 2.08. The summed E-state index contributed by atoms with van der Waals surface area (Å²) in [5, 5.41) is 8.35. The molecule has 2 unspecified atom stereocenters. The zero-order valence-electron chi connectivity index (χ0n) is 6.29. The molecule has 1 rings (SSSR count). The second-order valence-electron chi connectivity index (χ2n) is 2.64. The first-order valence-corrected chi connectivity index (χ1v) is 3.48. The molecule has 1 fully saturated rings. The third kappa shape index (κ3) is 1.37. The van der Waals surface area contributed by atoms with Crippen LogP contribution in [0, 0.1) is 11.3 Å². The van der Waals surface area contributed by atoms with Crippen LogP contribution in [0.3, 0.4) is 0 Å². The van der Waals surface area contributed by atoms with Crippen LogP contribution < -0.4 is 0 Å². The van der Waals surface area contributed by atoms with Gasteiger partial charge in [0.05, 0.1) is 18.3 Å². The molecule has 0 aromatic carbocycles. The highest BCUT2D eigenvalue weighted by Gasteiger charge is 2.22. The number of rotatable bonds is 0. The molecule has 1 heterocycles. The van der Waals surface area contributed by atoms with E-state index in [-0.39, 0.29) is 12.2 Å². The first-order chi connectivity index (χ1) is 4.74. The minimum Gasteiger partial charge on any atom is -0.371 e. The predicted octanol–water partition coefficient (Wildman–Crippen LogP) is 1.63. The molecular weight excluding hydrogens is 126 g/mol. The van der Waals surface area contributed by atoms with Gasteiger partial charge in [-0.1, -0.05) is 0 Å². The van der Waals surface area contributed by atoms with Gasteiger partial charge in [0.15, 0.2) is 0 Å². The SMILES string of the molecule is CC1C/C(=C\C#N)C(C)O1. The van der Waals surface area contributed by atoms with Crippen molar-refractivity contribution >= 4 is 0 Å². The van der Waals surface area contributed by atoms with Gasteiger partial charge in [0.25, 0.3) is 0 Å². The summed E-state index contributed by atoms with van der Waals surface area (Å²) in [4.78, 5) is 0. The van der Waals surface area contributed by atoms with Crippen molar-refractivity contribution in [3.05, 3.63) is 11.6 Å². The zero-order valence-corrected chi connectivity index (χ0v) is 6.29. The average Bonchev–Trinajstić information content (AvgIpc) is 2.13. The third-order valence-corrected chi connectivity index (χ3v) is 1.73. The summed E-state index contributed by atoms with van der Waals surface area (Å²) in [5.41, 5.74) is 1.12. The van der Waals surface area contributed by atoms with Crippen molar-refractivity contribution in [2.75, 3.05) is 0 Å². The molecule has 2 atom stereocenters. The Morgan fingerprint density at radius 1 is 1.70 bits per heavy atom. The van der Waals surface area contributed by atoms with Crippen molar-refractivity contribution in [1.82, 2.24) is 0 Å². The van der Waals surface area contributed by atoms with Crippen LogP contribution in [-0.4, -0.2) is 12.2 Å². The van der Waals surface area contributed by atoms with Crippen LogP contribution in [0.5, 0.6) is 0 Å². The fourth-order valence-corrected chi connectivity index (χ4v) is 1.24. The number of nitrogens with zero attached hydrogens (tertiary/aromatic N) is 1. The Balaban J connectivity index is 2.65. The van der Waals surface area contributed by atoms with E-state index in [4.69, 9.17) is 10.00 Å². The van der Waals surface area contributed by atoms with Crippen molar-refractivity contribution in [1.29, 1.82) is 5.26 Å². The van der Waals surface area contributed by atoms with E-state index in [1.807, 2.05) is 19.9 Å². The van der Waals surface area contributed by atoms with E-state index in [0.717, 1.165) is 12.0 Å². The molecule has 0 amide bonds. The van der Waals surface area contributed by atoms with Crippen molar-refractivity contribution in [2.24, 2.45) is 0 Å². The lowest BCUT2D eigenvalue weighted by molar-refractivity contribution is 0.0745. The Morgan fingerprint density at radius 3 is 2.80 bits per heavy atom. The second-order valence-corrected chi connectivity index (χ2v) is 2.64. The molecular formula is C8H11NO. The van der Waals surface area contributed by atoms with Crippen LogP contribution in [0.4, 0.5) is 0 Å². The van der Waals surface area contributed by atoms with Gasteiger partial charge >= 0.3 is 0 Å². The summed E-state index contributed by atoms with van der Waals surface area (Å²) < 4.78 is 5.41. The zero-order chi connectivity index (χ0) is 7.56. The third-order valence-electron chi connectivity index (χ3n) is 1.73. The molecule has 0 spiro atoms.